The number of hydrogen-bond acceptors (Lipinski definition) is 9. The van der Waals surface area contributed by atoms with Gasteiger partial charge in [0.15, 0.2) is 0 Å². The number of carbonyl (C=O) groups excluding carboxylic acids is 1. The van der Waals surface area contributed by atoms with Crippen LogP contribution >= 0.6 is 11.3 Å². The molecule has 0 aliphatic carbocycles. The number of nitrogen functional groups attached to an aromatic ring is 1. The van der Waals surface area contributed by atoms with Crippen molar-refractivity contribution in [2.45, 2.75) is 44.8 Å². The second-order valence-corrected chi connectivity index (χ2v) is 10.1. The molecule has 1 aromatic carbocycles. The summed E-state index contributed by atoms with van der Waals surface area (Å²) < 4.78 is 10.8. The van der Waals surface area contributed by atoms with Crippen molar-refractivity contribution in [2.75, 3.05) is 44.0 Å². The van der Waals surface area contributed by atoms with Gasteiger partial charge in [0.1, 0.15) is 39.7 Å². The third-order valence-corrected chi connectivity index (χ3v) is 7.59. The minimum Gasteiger partial charge on any atom is -0.497 e. The fourth-order valence-corrected chi connectivity index (χ4v) is 5.52. The Kier molecular flexibility index (Phi) is 8.50. The van der Waals surface area contributed by atoms with Gasteiger partial charge in [0.05, 0.1) is 12.8 Å². The number of benzene rings is 1. The smallest absolute Gasteiger partial charge is 0.260 e. The molecular weight excluding hydrogens is 478 g/mol. The number of aliphatic hydroxyl groups excluding tert-OH is 1. The lowest BCUT2D eigenvalue weighted by Crippen LogP contribution is -2.45. The molecular formula is C26H35N5O4S. The molecule has 0 spiro atoms. The molecule has 2 aromatic heterocycles. The zero-order chi connectivity index (χ0) is 25.7. The summed E-state index contributed by atoms with van der Waals surface area (Å²) >= 11 is 1.27. The third kappa shape index (κ3) is 6.00. The summed E-state index contributed by atoms with van der Waals surface area (Å²) in [6.07, 6.45) is 3.10. The molecule has 0 radical (unpaired) electrons. The van der Waals surface area contributed by atoms with Crippen LogP contribution in [-0.4, -0.2) is 61.5 Å². The number of pyridine rings is 1. The van der Waals surface area contributed by atoms with Crippen molar-refractivity contribution in [1.29, 1.82) is 0 Å². The quantitative estimate of drug-likeness (QED) is 0.307. The van der Waals surface area contributed by atoms with E-state index >= 15 is 0 Å². The molecule has 1 amide bonds. The van der Waals surface area contributed by atoms with Gasteiger partial charge in [-0.05, 0) is 55.2 Å². The number of methoxy groups -OCH3 is 1. The topological polar surface area (TPSA) is 136 Å². The van der Waals surface area contributed by atoms with Crippen molar-refractivity contribution >= 4 is 39.0 Å². The number of thiophene rings is 1. The van der Waals surface area contributed by atoms with Gasteiger partial charge >= 0.3 is 0 Å². The summed E-state index contributed by atoms with van der Waals surface area (Å²) in [5.74, 6) is 1.87. The van der Waals surface area contributed by atoms with E-state index in [1.165, 1.54) is 11.3 Å². The number of aliphatic hydroxyl groups is 1. The van der Waals surface area contributed by atoms with Gasteiger partial charge in [0.2, 0.25) is 0 Å². The predicted octanol–water partition coefficient (Wildman–Crippen LogP) is 2.94. The maximum atomic E-state index is 11.8. The second kappa shape index (κ2) is 11.8. The zero-order valence-electron chi connectivity index (χ0n) is 20.8. The van der Waals surface area contributed by atoms with Crippen LogP contribution in [0.15, 0.2) is 30.3 Å². The molecule has 1 aliphatic rings. The number of primary amides is 1. The number of aryl methyl sites for hydroxylation is 1. The monoisotopic (exact) mass is 513 g/mol. The van der Waals surface area contributed by atoms with Crippen molar-refractivity contribution in [3.8, 4) is 11.5 Å². The van der Waals surface area contributed by atoms with E-state index in [2.05, 4.69) is 23.2 Å². The highest BCUT2D eigenvalue weighted by atomic mass is 32.1. The molecule has 36 heavy (non-hydrogen) atoms. The number of rotatable bonds is 11. The number of nitrogens with one attached hydrogen (secondary N) is 1. The molecule has 1 fully saturated rings. The Morgan fingerprint density at radius 3 is 2.61 bits per heavy atom. The third-order valence-electron chi connectivity index (χ3n) is 6.47. The highest BCUT2D eigenvalue weighted by molar-refractivity contribution is 7.21. The Labute approximate surface area is 215 Å². The van der Waals surface area contributed by atoms with Crippen molar-refractivity contribution in [1.82, 2.24) is 10.3 Å². The highest BCUT2D eigenvalue weighted by Gasteiger charge is 2.24. The fourth-order valence-electron chi connectivity index (χ4n) is 4.54. The van der Waals surface area contributed by atoms with Crippen molar-refractivity contribution in [2.24, 2.45) is 5.73 Å². The van der Waals surface area contributed by atoms with Crippen LogP contribution in [0.1, 0.15) is 41.4 Å². The lowest BCUT2D eigenvalue weighted by molar-refractivity contribution is 0.100. The molecule has 1 saturated heterocycles. The first-order valence-electron chi connectivity index (χ1n) is 12.3. The Morgan fingerprint density at radius 1 is 1.28 bits per heavy atom. The number of fused-ring (bicyclic) bond motifs is 1. The number of nitrogens with zero attached hydrogens (tertiary/aromatic N) is 2. The molecule has 6 N–H and O–H groups in total. The standard InChI is InChI=1S/C26H35N5O4S/c1-3-4-16-13-21(30-26-22(16)23(27)24(36-26)25(28)33)31-11-9-17(10-12-31)29-14-18(32)15-35-20-7-5-19(34-2)6-8-20/h5-8,13,17-18,29,32H,3-4,9-12,14-15,27H2,1-2H3,(H2,28,33). The summed E-state index contributed by atoms with van der Waals surface area (Å²) in [5, 5.41) is 14.7. The minimum absolute atomic E-state index is 0.222. The Bertz CT molecular complexity index is 1180. The Balaban J connectivity index is 1.31. The molecule has 3 aromatic rings. The number of anilines is 2. The SMILES string of the molecule is CCCc1cc(N2CCC(NCC(O)COc3ccc(OC)cc3)CC2)nc2sc(C(N)=O)c(N)c12. The van der Waals surface area contributed by atoms with Gasteiger partial charge in [-0.2, -0.15) is 0 Å². The van der Waals surface area contributed by atoms with E-state index in [4.69, 9.17) is 25.9 Å². The number of amides is 1. The molecule has 194 valence electrons. The van der Waals surface area contributed by atoms with Gasteiger partial charge in [-0.25, -0.2) is 4.98 Å². The molecule has 3 heterocycles. The van der Waals surface area contributed by atoms with Gasteiger partial charge in [0, 0.05) is 31.1 Å². The minimum atomic E-state index is -0.602. The fraction of sp³-hybridized carbons (Fsp3) is 0.462. The van der Waals surface area contributed by atoms with Gasteiger partial charge in [-0.15, -0.1) is 11.3 Å². The van der Waals surface area contributed by atoms with Crippen LogP contribution in [0, 0.1) is 0 Å². The molecule has 1 atom stereocenters. The molecule has 0 saturated carbocycles. The molecule has 1 unspecified atom stereocenters. The van der Waals surface area contributed by atoms with E-state index in [1.54, 1.807) is 7.11 Å². The maximum Gasteiger partial charge on any atom is 0.260 e. The van der Waals surface area contributed by atoms with Crippen molar-refractivity contribution in [3.63, 3.8) is 0 Å². The van der Waals surface area contributed by atoms with Gasteiger partial charge in [0.25, 0.3) is 5.91 Å². The highest BCUT2D eigenvalue weighted by Crippen LogP contribution is 2.37. The first-order chi connectivity index (χ1) is 17.4. The van der Waals surface area contributed by atoms with Crippen molar-refractivity contribution in [3.05, 3.63) is 40.8 Å². The second-order valence-electron chi connectivity index (χ2n) is 9.09. The van der Waals surface area contributed by atoms with Gasteiger partial charge in [-0.1, -0.05) is 13.3 Å². The van der Waals surface area contributed by atoms with Crippen LogP contribution in [0.25, 0.3) is 10.2 Å². The molecule has 9 nitrogen and oxygen atoms in total. The van der Waals surface area contributed by atoms with Crippen molar-refractivity contribution < 1.29 is 19.4 Å². The number of hydrogen-bond donors (Lipinski definition) is 4. The largest absolute Gasteiger partial charge is 0.497 e. The first-order valence-corrected chi connectivity index (χ1v) is 13.2. The lowest BCUT2D eigenvalue weighted by atomic mass is 10.0. The summed E-state index contributed by atoms with van der Waals surface area (Å²) in [6, 6.07) is 9.73. The predicted molar refractivity (Wildman–Crippen MR) is 144 cm³/mol. The summed E-state index contributed by atoms with van der Waals surface area (Å²) in [7, 11) is 1.62. The summed E-state index contributed by atoms with van der Waals surface area (Å²) in [6.45, 7) is 4.51. The molecule has 10 heteroatoms. The zero-order valence-corrected chi connectivity index (χ0v) is 21.6. The van der Waals surface area contributed by atoms with Crippen LogP contribution in [0.4, 0.5) is 11.5 Å². The first kappa shape index (κ1) is 26.0. The van der Waals surface area contributed by atoms with E-state index in [9.17, 15) is 9.90 Å². The number of carbonyl (C=O) groups is 1. The number of aromatic nitrogens is 1. The van der Waals surface area contributed by atoms with E-state index < -0.39 is 12.0 Å². The molecule has 0 bridgehead atoms. The van der Waals surface area contributed by atoms with Gasteiger partial charge < -0.3 is 36.3 Å². The van der Waals surface area contributed by atoms with Crippen LogP contribution in [0.5, 0.6) is 11.5 Å². The molecule has 4 rings (SSSR count). The van der Waals surface area contributed by atoms with E-state index in [0.717, 1.165) is 66.1 Å². The van der Waals surface area contributed by atoms with Crippen LogP contribution in [-0.2, 0) is 6.42 Å². The van der Waals surface area contributed by atoms with E-state index in [1.807, 2.05) is 24.3 Å². The van der Waals surface area contributed by atoms with Crippen LogP contribution < -0.4 is 31.2 Å². The van der Waals surface area contributed by atoms with Gasteiger partial charge in [-0.3, -0.25) is 4.79 Å². The number of piperidine rings is 1. The Hall–Kier alpha value is -3.08. The average Bonchev–Trinajstić information content (AvgIpc) is 3.23. The Morgan fingerprint density at radius 2 is 1.97 bits per heavy atom. The molecule has 1 aliphatic heterocycles. The lowest BCUT2D eigenvalue weighted by Gasteiger charge is -2.34. The van der Waals surface area contributed by atoms with E-state index in [-0.39, 0.29) is 6.61 Å². The average molecular weight is 514 g/mol. The van der Waals surface area contributed by atoms with E-state index in [0.29, 0.717) is 28.9 Å². The summed E-state index contributed by atoms with van der Waals surface area (Å²) in [5.41, 5.74) is 13.3. The van der Waals surface area contributed by atoms with Crippen LogP contribution in [0.3, 0.4) is 0 Å². The van der Waals surface area contributed by atoms with Crippen LogP contribution in [0.2, 0.25) is 0 Å². The number of ether oxygens (including phenoxy) is 2. The normalized spacial score (nSPS) is 15.2. The summed E-state index contributed by atoms with van der Waals surface area (Å²) in [4.78, 5) is 20.1. The number of nitrogens with two attached hydrogens (primary N) is 2. The maximum absolute atomic E-state index is 11.8.